The number of aryl methyl sites for hydroxylation is 1. The van der Waals surface area contributed by atoms with Gasteiger partial charge in [-0.1, -0.05) is 35.5 Å². The van der Waals surface area contributed by atoms with Gasteiger partial charge in [0.05, 0.1) is 32.6 Å². The molecule has 3 aromatic rings. The molecule has 0 radical (unpaired) electrons. The highest BCUT2D eigenvalue weighted by Gasteiger charge is 2.18. The average Bonchev–Trinajstić information content (AvgIpc) is 3.21. The molecule has 0 fully saturated rings. The van der Waals surface area contributed by atoms with Crippen LogP contribution >= 0.6 is 34.7 Å². The number of oxazole rings is 1. The van der Waals surface area contributed by atoms with Crippen molar-refractivity contribution in [3.05, 3.63) is 52.2 Å². The van der Waals surface area contributed by atoms with Crippen LogP contribution in [0.5, 0.6) is 0 Å². The van der Waals surface area contributed by atoms with Gasteiger partial charge in [-0.2, -0.15) is 8.78 Å². The zero-order chi connectivity index (χ0) is 18.7. The van der Waals surface area contributed by atoms with Gasteiger partial charge in [0, 0.05) is 0 Å². The number of alkyl halides is 2. The molecule has 0 aliphatic carbocycles. The summed E-state index contributed by atoms with van der Waals surface area (Å²) in [5, 5.41) is 4.68. The molecular formula is C17H13ClF2N2O2S2. The van der Waals surface area contributed by atoms with E-state index in [4.69, 9.17) is 16.0 Å². The van der Waals surface area contributed by atoms with Gasteiger partial charge in [-0.05, 0) is 30.5 Å². The number of nitrogens with zero attached hydrogens (tertiary/aromatic N) is 1. The number of rotatable bonds is 6. The van der Waals surface area contributed by atoms with Gasteiger partial charge in [0.25, 0.3) is 5.76 Å². The van der Waals surface area contributed by atoms with Crippen molar-refractivity contribution in [1.29, 1.82) is 0 Å². The van der Waals surface area contributed by atoms with Crippen molar-refractivity contribution in [3.63, 3.8) is 0 Å². The number of halogens is 3. The van der Waals surface area contributed by atoms with Gasteiger partial charge in [-0.15, -0.1) is 11.3 Å². The lowest BCUT2D eigenvalue weighted by atomic mass is 10.2. The number of benzene rings is 1. The third-order valence-electron chi connectivity index (χ3n) is 3.40. The summed E-state index contributed by atoms with van der Waals surface area (Å²) in [5.41, 5.74) is 0.739. The summed E-state index contributed by atoms with van der Waals surface area (Å²) in [5.74, 6) is -2.04. The third kappa shape index (κ3) is 4.44. The van der Waals surface area contributed by atoms with Crippen LogP contribution in [0, 0.1) is 6.92 Å². The Hall–Kier alpha value is -1.90. The van der Waals surface area contributed by atoms with Crippen LogP contribution in [0.1, 0.15) is 11.5 Å². The van der Waals surface area contributed by atoms with E-state index in [0.29, 0.717) is 29.1 Å². The van der Waals surface area contributed by atoms with Crippen molar-refractivity contribution in [2.24, 2.45) is 0 Å². The molecule has 1 aromatic carbocycles. The molecule has 0 unspecified atom stereocenters. The molecule has 2 heterocycles. The first kappa shape index (κ1) is 18.9. The van der Waals surface area contributed by atoms with Crippen molar-refractivity contribution in [2.45, 2.75) is 24.0 Å². The predicted octanol–water partition coefficient (Wildman–Crippen LogP) is 5.86. The van der Waals surface area contributed by atoms with E-state index in [2.05, 4.69) is 10.3 Å². The summed E-state index contributed by atoms with van der Waals surface area (Å²) in [4.78, 5) is 17.7. The Labute approximate surface area is 161 Å². The minimum absolute atomic E-state index is 0.0357. The smallest absolute Gasteiger partial charge is 0.289 e. The first-order chi connectivity index (χ1) is 12.4. The molecular weight excluding hydrogens is 402 g/mol. The summed E-state index contributed by atoms with van der Waals surface area (Å²) >= 11 is 7.75. The van der Waals surface area contributed by atoms with E-state index in [1.165, 1.54) is 23.5 Å². The van der Waals surface area contributed by atoms with Crippen molar-refractivity contribution in [3.8, 4) is 10.8 Å². The minimum atomic E-state index is -2.64. The number of thioether (sulfide) groups is 1. The predicted molar refractivity (Wildman–Crippen MR) is 100 cm³/mol. The molecule has 0 saturated heterocycles. The van der Waals surface area contributed by atoms with Gasteiger partial charge in [0.2, 0.25) is 11.8 Å². The molecule has 0 aliphatic heterocycles. The molecule has 1 amide bonds. The summed E-state index contributed by atoms with van der Waals surface area (Å²) in [6.45, 7) is 1.73. The van der Waals surface area contributed by atoms with Crippen molar-refractivity contribution < 1.29 is 18.0 Å². The second-order valence-electron chi connectivity index (χ2n) is 5.22. The van der Waals surface area contributed by atoms with Crippen molar-refractivity contribution in [1.82, 2.24) is 4.98 Å². The number of carbonyl (C=O) groups excluding carboxylic acids is 1. The SMILES string of the molecule is Cc1oc(-c2cccs2)nc1CC(=O)Nc1cccc(Cl)c1SC(F)F. The summed E-state index contributed by atoms with van der Waals surface area (Å²) in [6, 6.07) is 8.37. The van der Waals surface area contributed by atoms with Crippen LogP contribution < -0.4 is 5.32 Å². The molecule has 9 heteroatoms. The summed E-state index contributed by atoms with van der Waals surface area (Å²) < 4.78 is 31.1. The van der Waals surface area contributed by atoms with E-state index in [-0.39, 0.29) is 22.0 Å². The number of amides is 1. The molecule has 0 saturated carbocycles. The number of hydrogen-bond acceptors (Lipinski definition) is 5. The lowest BCUT2D eigenvalue weighted by Crippen LogP contribution is -2.16. The van der Waals surface area contributed by atoms with Crippen molar-refractivity contribution >= 4 is 46.3 Å². The summed E-state index contributed by atoms with van der Waals surface area (Å²) in [6.07, 6.45) is -0.0357. The molecule has 0 aliphatic rings. The number of anilines is 1. The molecule has 0 spiro atoms. The van der Waals surface area contributed by atoms with Gasteiger partial charge in [0.1, 0.15) is 5.76 Å². The standard InChI is InChI=1S/C17H13ClF2N2O2S2/c1-9-12(22-16(24-9)13-6-3-7-25-13)8-14(23)21-11-5-2-4-10(18)15(11)26-17(19)20/h2-7,17H,8H2,1H3,(H,21,23). The van der Waals surface area contributed by atoms with E-state index < -0.39 is 11.7 Å². The molecule has 4 nitrogen and oxygen atoms in total. The molecule has 2 aromatic heterocycles. The largest absolute Gasteiger partial charge is 0.440 e. The van der Waals surface area contributed by atoms with Gasteiger partial charge in [0.15, 0.2) is 0 Å². The average molecular weight is 415 g/mol. The lowest BCUT2D eigenvalue weighted by Gasteiger charge is -2.11. The fraction of sp³-hybridized carbons (Fsp3) is 0.176. The topological polar surface area (TPSA) is 55.1 Å². The monoisotopic (exact) mass is 414 g/mol. The Morgan fingerprint density at radius 1 is 1.38 bits per heavy atom. The van der Waals surface area contributed by atoms with Crippen LogP contribution in [-0.4, -0.2) is 16.6 Å². The quantitative estimate of drug-likeness (QED) is 0.513. The van der Waals surface area contributed by atoms with Crippen LogP contribution in [0.3, 0.4) is 0 Å². The number of thiophene rings is 1. The highest BCUT2D eigenvalue weighted by atomic mass is 35.5. The second kappa shape index (κ2) is 8.20. The van der Waals surface area contributed by atoms with E-state index in [1.54, 1.807) is 13.0 Å². The van der Waals surface area contributed by atoms with E-state index in [1.807, 2.05) is 17.5 Å². The first-order valence-corrected chi connectivity index (χ1v) is 9.61. The molecule has 26 heavy (non-hydrogen) atoms. The molecule has 1 N–H and O–H groups in total. The maximum Gasteiger partial charge on any atom is 0.289 e. The van der Waals surface area contributed by atoms with Crippen LogP contribution in [0.25, 0.3) is 10.8 Å². The highest BCUT2D eigenvalue weighted by molar-refractivity contribution is 7.99. The third-order valence-corrected chi connectivity index (χ3v) is 5.54. The highest BCUT2D eigenvalue weighted by Crippen LogP contribution is 2.37. The van der Waals surface area contributed by atoms with Crippen LogP contribution in [-0.2, 0) is 11.2 Å². The normalized spacial score (nSPS) is 11.1. The van der Waals surface area contributed by atoms with Crippen LogP contribution in [0.4, 0.5) is 14.5 Å². The van der Waals surface area contributed by atoms with Crippen LogP contribution in [0.15, 0.2) is 45.0 Å². The maximum absolute atomic E-state index is 12.7. The lowest BCUT2D eigenvalue weighted by molar-refractivity contribution is -0.115. The van der Waals surface area contributed by atoms with E-state index >= 15 is 0 Å². The molecule has 0 bridgehead atoms. The number of hydrogen-bond donors (Lipinski definition) is 1. The fourth-order valence-electron chi connectivity index (χ4n) is 2.26. The van der Waals surface area contributed by atoms with Gasteiger partial charge < -0.3 is 9.73 Å². The van der Waals surface area contributed by atoms with E-state index in [0.717, 1.165) is 4.88 Å². The Morgan fingerprint density at radius 3 is 2.88 bits per heavy atom. The fourth-order valence-corrected chi connectivity index (χ4v) is 3.82. The van der Waals surface area contributed by atoms with Gasteiger partial charge in [-0.25, -0.2) is 4.98 Å². The van der Waals surface area contributed by atoms with E-state index in [9.17, 15) is 13.6 Å². The number of aromatic nitrogens is 1. The number of carbonyl (C=O) groups is 1. The van der Waals surface area contributed by atoms with Gasteiger partial charge in [-0.3, -0.25) is 4.79 Å². The Morgan fingerprint density at radius 2 is 2.19 bits per heavy atom. The zero-order valence-electron chi connectivity index (χ0n) is 13.5. The van der Waals surface area contributed by atoms with Crippen LogP contribution in [0.2, 0.25) is 5.02 Å². The Kier molecular flexibility index (Phi) is 5.95. The molecule has 0 atom stereocenters. The van der Waals surface area contributed by atoms with Gasteiger partial charge >= 0.3 is 0 Å². The zero-order valence-corrected chi connectivity index (χ0v) is 15.9. The Balaban J connectivity index is 1.75. The maximum atomic E-state index is 12.7. The molecule has 136 valence electrons. The first-order valence-electron chi connectivity index (χ1n) is 7.47. The summed E-state index contributed by atoms with van der Waals surface area (Å²) in [7, 11) is 0. The Bertz CT molecular complexity index is 914. The molecule has 3 rings (SSSR count). The second-order valence-corrected chi connectivity index (χ2v) is 7.57. The van der Waals surface area contributed by atoms with Crippen molar-refractivity contribution in [2.75, 3.05) is 5.32 Å². The number of nitrogens with one attached hydrogen (secondary N) is 1. The minimum Gasteiger partial charge on any atom is -0.440 e.